The molecular formula is C15H27N3O3. The Morgan fingerprint density at radius 1 is 1.29 bits per heavy atom. The van der Waals surface area contributed by atoms with E-state index in [1.165, 1.54) is 0 Å². The van der Waals surface area contributed by atoms with Crippen molar-refractivity contribution < 1.29 is 14.3 Å². The van der Waals surface area contributed by atoms with E-state index >= 15 is 0 Å². The highest BCUT2D eigenvalue weighted by Crippen LogP contribution is 2.32. The van der Waals surface area contributed by atoms with Gasteiger partial charge in [0.15, 0.2) is 0 Å². The molecule has 2 fully saturated rings. The maximum atomic E-state index is 12.6. The van der Waals surface area contributed by atoms with Crippen LogP contribution in [0.25, 0.3) is 0 Å². The fraction of sp³-hybridized carbons (Fsp3) is 0.867. The van der Waals surface area contributed by atoms with Gasteiger partial charge in [0.05, 0.1) is 18.6 Å². The number of nitrogens with zero attached hydrogens (tertiary/aromatic N) is 1. The lowest BCUT2D eigenvalue weighted by Crippen LogP contribution is -2.55. The molecule has 2 N–H and O–H groups in total. The number of ether oxygens (including phenoxy) is 1. The number of hydrogen-bond donors (Lipinski definition) is 2. The monoisotopic (exact) mass is 297 g/mol. The first kappa shape index (κ1) is 16.2. The fourth-order valence-corrected chi connectivity index (χ4v) is 3.12. The average molecular weight is 297 g/mol. The zero-order valence-electron chi connectivity index (χ0n) is 13.1. The Labute approximate surface area is 126 Å². The van der Waals surface area contributed by atoms with Gasteiger partial charge in [-0.3, -0.25) is 9.59 Å². The van der Waals surface area contributed by atoms with Gasteiger partial charge in [-0.1, -0.05) is 6.92 Å². The molecule has 21 heavy (non-hydrogen) atoms. The van der Waals surface area contributed by atoms with Crippen molar-refractivity contribution >= 4 is 11.8 Å². The Morgan fingerprint density at radius 2 is 1.90 bits per heavy atom. The van der Waals surface area contributed by atoms with Crippen molar-refractivity contribution in [1.29, 1.82) is 0 Å². The Balaban J connectivity index is 1.92. The van der Waals surface area contributed by atoms with Crippen molar-refractivity contribution in [2.24, 2.45) is 5.41 Å². The van der Waals surface area contributed by atoms with Crippen molar-refractivity contribution in [3.63, 3.8) is 0 Å². The molecule has 2 heterocycles. The van der Waals surface area contributed by atoms with Gasteiger partial charge in [0.2, 0.25) is 11.8 Å². The number of carbonyl (C=O) groups is 2. The Morgan fingerprint density at radius 3 is 2.48 bits per heavy atom. The van der Waals surface area contributed by atoms with Gasteiger partial charge in [0, 0.05) is 13.1 Å². The number of morpholine rings is 1. The molecule has 0 aliphatic carbocycles. The molecule has 2 amide bonds. The normalized spacial score (nSPS) is 23.4. The molecule has 0 spiro atoms. The first-order valence-electron chi connectivity index (χ1n) is 7.97. The van der Waals surface area contributed by atoms with Crippen LogP contribution in [-0.2, 0) is 14.3 Å². The van der Waals surface area contributed by atoms with E-state index in [-0.39, 0.29) is 17.2 Å². The minimum absolute atomic E-state index is 0.00756. The predicted molar refractivity (Wildman–Crippen MR) is 79.8 cm³/mol. The van der Waals surface area contributed by atoms with Crippen molar-refractivity contribution in [2.45, 2.75) is 39.2 Å². The quantitative estimate of drug-likeness (QED) is 0.774. The van der Waals surface area contributed by atoms with Crippen LogP contribution in [-0.4, -0.2) is 62.1 Å². The molecule has 2 rings (SSSR count). The summed E-state index contributed by atoms with van der Waals surface area (Å²) in [5.41, 5.74) is -0.315. The highest BCUT2D eigenvalue weighted by Gasteiger charge is 2.39. The molecule has 0 aromatic heterocycles. The summed E-state index contributed by atoms with van der Waals surface area (Å²) in [6.45, 7) is 7.96. The van der Waals surface area contributed by atoms with Crippen molar-refractivity contribution in [2.75, 3.05) is 39.4 Å². The predicted octanol–water partition coefficient (Wildman–Crippen LogP) is 0.130. The number of amides is 2. The lowest BCUT2D eigenvalue weighted by Gasteiger charge is -2.37. The maximum absolute atomic E-state index is 12.6. The van der Waals surface area contributed by atoms with E-state index < -0.39 is 6.04 Å². The van der Waals surface area contributed by atoms with E-state index in [1.54, 1.807) is 11.8 Å². The van der Waals surface area contributed by atoms with Crippen LogP contribution in [0.15, 0.2) is 0 Å². The second-order valence-corrected chi connectivity index (χ2v) is 6.02. The zero-order chi connectivity index (χ0) is 15.3. The van der Waals surface area contributed by atoms with E-state index in [1.807, 2.05) is 0 Å². The molecule has 6 nitrogen and oxygen atoms in total. The molecule has 1 unspecified atom stereocenters. The number of piperidine rings is 1. The average Bonchev–Trinajstić information content (AvgIpc) is 2.55. The van der Waals surface area contributed by atoms with E-state index in [0.29, 0.717) is 26.3 Å². The van der Waals surface area contributed by atoms with Crippen LogP contribution in [0.1, 0.15) is 33.1 Å². The fourth-order valence-electron chi connectivity index (χ4n) is 3.12. The zero-order valence-corrected chi connectivity index (χ0v) is 13.1. The van der Waals surface area contributed by atoms with E-state index in [4.69, 9.17) is 4.74 Å². The Kier molecular flexibility index (Phi) is 5.58. The molecule has 6 heteroatoms. The summed E-state index contributed by atoms with van der Waals surface area (Å²) in [5, 5.41) is 6.23. The molecule has 2 saturated heterocycles. The molecule has 0 radical (unpaired) electrons. The van der Waals surface area contributed by atoms with Crippen LogP contribution in [0, 0.1) is 5.41 Å². The van der Waals surface area contributed by atoms with Crippen LogP contribution >= 0.6 is 0 Å². The van der Waals surface area contributed by atoms with Crippen molar-refractivity contribution in [3.05, 3.63) is 0 Å². The van der Waals surface area contributed by atoms with Crippen molar-refractivity contribution in [1.82, 2.24) is 15.5 Å². The SMILES string of the molecule is CCC1(C(=O)NC(C)C(=O)N2CCOCC2)CCNCC1. The molecule has 0 bridgehead atoms. The molecule has 0 aromatic rings. The Hall–Kier alpha value is -1.14. The third-order valence-electron chi connectivity index (χ3n) is 4.76. The van der Waals surface area contributed by atoms with Gasteiger partial charge < -0.3 is 20.3 Å². The van der Waals surface area contributed by atoms with Crippen LogP contribution in [0.4, 0.5) is 0 Å². The van der Waals surface area contributed by atoms with Gasteiger partial charge in [-0.05, 0) is 39.3 Å². The molecular weight excluding hydrogens is 270 g/mol. The third-order valence-corrected chi connectivity index (χ3v) is 4.76. The highest BCUT2D eigenvalue weighted by molar-refractivity contribution is 5.90. The van der Waals surface area contributed by atoms with Gasteiger partial charge in [-0.15, -0.1) is 0 Å². The van der Waals surface area contributed by atoms with E-state index in [2.05, 4.69) is 17.6 Å². The van der Waals surface area contributed by atoms with Crippen LogP contribution in [0.2, 0.25) is 0 Å². The van der Waals surface area contributed by atoms with E-state index in [9.17, 15) is 9.59 Å². The minimum atomic E-state index is -0.464. The Bertz CT molecular complexity index is 374. The van der Waals surface area contributed by atoms with Crippen LogP contribution in [0.5, 0.6) is 0 Å². The van der Waals surface area contributed by atoms with Gasteiger partial charge in [-0.25, -0.2) is 0 Å². The molecule has 0 aromatic carbocycles. The second-order valence-electron chi connectivity index (χ2n) is 6.02. The van der Waals surface area contributed by atoms with Gasteiger partial charge in [-0.2, -0.15) is 0 Å². The van der Waals surface area contributed by atoms with E-state index in [0.717, 1.165) is 32.4 Å². The van der Waals surface area contributed by atoms with Crippen LogP contribution < -0.4 is 10.6 Å². The lowest BCUT2D eigenvalue weighted by molar-refractivity contribution is -0.142. The summed E-state index contributed by atoms with van der Waals surface area (Å²) < 4.78 is 5.25. The summed E-state index contributed by atoms with van der Waals surface area (Å²) in [4.78, 5) is 26.7. The lowest BCUT2D eigenvalue weighted by atomic mass is 9.75. The number of rotatable bonds is 4. The molecule has 2 aliphatic heterocycles. The number of carbonyl (C=O) groups excluding carboxylic acids is 2. The summed E-state index contributed by atoms with van der Waals surface area (Å²) in [7, 11) is 0. The number of hydrogen-bond acceptors (Lipinski definition) is 4. The largest absolute Gasteiger partial charge is 0.378 e. The first-order valence-corrected chi connectivity index (χ1v) is 7.97. The topological polar surface area (TPSA) is 70.7 Å². The summed E-state index contributed by atoms with van der Waals surface area (Å²) in [6.07, 6.45) is 2.50. The third kappa shape index (κ3) is 3.74. The summed E-state index contributed by atoms with van der Waals surface area (Å²) in [5.74, 6) is 0.0208. The second kappa shape index (κ2) is 7.22. The summed E-state index contributed by atoms with van der Waals surface area (Å²) in [6, 6.07) is -0.464. The standard InChI is InChI=1S/C15H27N3O3/c1-3-15(4-6-16-7-5-15)14(20)17-12(2)13(19)18-8-10-21-11-9-18/h12,16H,3-11H2,1-2H3,(H,17,20). The van der Waals surface area contributed by atoms with Gasteiger partial charge in [0.1, 0.15) is 6.04 Å². The van der Waals surface area contributed by atoms with Crippen LogP contribution in [0.3, 0.4) is 0 Å². The molecule has 2 aliphatic rings. The smallest absolute Gasteiger partial charge is 0.245 e. The molecule has 0 saturated carbocycles. The molecule has 1 atom stereocenters. The first-order chi connectivity index (χ1) is 10.1. The highest BCUT2D eigenvalue weighted by atomic mass is 16.5. The minimum Gasteiger partial charge on any atom is -0.378 e. The van der Waals surface area contributed by atoms with Crippen molar-refractivity contribution in [3.8, 4) is 0 Å². The van der Waals surface area contributed by atoms with Gasteiger partial charge >= 0.3 is 0 Å². The maximum Gasteiger partial charge on any atom is 0.245 e. The molecule has 120 valence electrons. The number of nitrogens with one attached hydrogen (secondary N) is 2. The van der Waals surface area contributed by atoms with Gasteiger partial charge in [0.25, 0.3) is 0 Å². The summed E-state index contributed by atoms with van der Waals surface area (Å²) >= 11 is 0.